The summed E-state index contributed by atoms with van der Waals surface area (Å²) >= 11 is 0. The Balaban J connectivity index is 1.18. The molecule has 4 aromatic rings. The number of likely N-dealkylation sites (tertiary alicyclic amines) is 1. The van der Waals surface area contributed by atoms with E-state index >= 15 is 0 Å². The summed E-state index contributed by atoms with van der Waals surface area (Å²) in [5.74, 6) is 9.01. The number of aromatic nitrogens is 3. The van der Waals surface area contributed by atoms with Gasteiger partial charge in [0.2, 0.25) is 5.91 Å². The van der Waals surface area contributed by atoms with Crippen LogP contribution >= 0.6 is 0 Å². The molecule has 1 aliphatic carbocycles. The number of aryl methyl sites for hydroxylation is 1. The fraction of sp³-hybridized carbons (Fsp3) is 0.324. The minimum absolute atomic E-state index is 0.0545. The van der Waals surface area contributed by atoms with E-state index in [1.807, 2.05) is 53.9 Å². The minimum Gasteiger partial charge on any atom is -0.457 e. The van der Waals surface area contributed by atoms with E-state index < -0.39 is 0 Å². The summed E-state index contributed by atoms with van der Waals surface area (Å²) in [7, 11) is 5.61. The normalized spacial score (nSPS) is 18.9. The molecule has 2 fully saturated rings. The van der Waals surface area contributed by atoms with Crippen LogP contribution in [-0.4, -0.2) is 77.2 Å². The van der Waals surface area contributed by atoms with Gasteiger partial charge in [-0.1, -0.05) is 30.2 Å². The Morgan fingerprint density at radius 1 is 1.16 bits per heavy atom. The van der Waals surface area contributed by atoms with Crippen LogP contribution in [0, 0.1) is 35.4 Å². The zero-order valence-corrected chi connectivity index (χ0v) is 25.0. The maximum atomic E-state index is 13.6. The number of likely N-dealkylation sites (N-methyl/N-ethyl adjacent to an activating group) is 1. The fourth-order valence-corrected chi connectivity index (χ4v) is 5.91. The first kappa shape index (κ1) is 29.4. The number of methoxy groups -OCH3 is 1. The third-order valence-electron chi connectivity index (χ3n) is 8.39. The lowest BCUT2D eigenvalue weighted by Crippen LogP contribution is -2.30. The Bertz CT molecular complexity index is 1760. The number of anilines is 1. The second kappa shape index (κ2) is 12.5. The van der Waals surface area contributed by atoms with Crippen molar-refractivity contribution in [2.75, 3.05) is 52.7 Å². The zero-order valence-electron chi connectivity index (χ0n) is 25.0. The summed E-state index contributed by atoms with van der Waals surface area (Å²) in [6.45, 7) is 3.63. The third-order valence-corrected chi connectivity index (χ3v) is 8.39. The number of halogens is 1. The summed E-state index contributed by atoms with van der Waals surface area (Å²) in [4.78, 5) is 25.5. The molecule has 0 spiro atoms. The van der Waals surface area contributed by atoms with Gasteiger partial charge in [0.25, 0.3) is 0 Å². The number of nitrogens with zero attached hydrogens (tertiary/aromatic N) is 5. The molecule has 3 heterocycles. The van der Waals surface area contributed by atoms with Gasteiger partial charge in [0.05, 0.1) is 12.0 Å². The van der Waals surface area contributed by atoms with E-state index in [1.54, 1.807) is 25.3 Å². The van der Waals surface area contributed by atoms with Gasteiger partial charge in [-0.15, -0.1) is 0 Å². The molecule has 1 unspecified atom stereocenters. The number of hydrogen-bond donors (Lipinski definition) is 1. The van der Waals surface area contributed by atoms with Gasteiger partial charge in [0.1, 0.15) is 40.8 Å². The van der Waals surface area contributed by atoms with Gasteiger partial charge in [0.15, 0.2) is 0 Å². The van der Waals surface area contributed by atoms with Gasteiger partial charge in [-0.2, -0.15) is 0 Å². The molecule has 2 aliphatic rings. The highest BCUT2D eigenvalue weighted by Gasteiger charge is 2.55. The van der Waals surface area contributed by atoms with Crippen molar-refractivity contribution in [1.82, 2.24) is 24.3 Å². The molecule has 1 amide bonds. The first-order chi connectivity index (χ1) is 21.3. The molecule has 2 aromatic carbocycles. The SMILES string of the molecule is COCCN(C)C/C=C/C(=O)N1C[C@@H]2C(C#Cc3c(-c4ccc(Oc5cccc(F)c5)cc4)c4c(N)ncnc4n3C)[C@@H]2C1. The van der Waals surface area contributed by atoms with E-state index in [-0.39, 0.29) is 17.6 Å². The first-order valence-electron chi connectivity index (χ1n) is 14.6. The molecule has 10 heteroatoms. The number of rotatable bonds is 9. The zero-order chi connectivity index (χ0) is 30.8. The summed E-state index contributed by atoms with van der Waals surface area (Å²) in [6, 6.07) is 13.6. The number of carbonyl (C=O) groups is 1. The van der Waals surface area contributed by atoms with Crippen molar-refractivity contribution < 1.29 is 18.7 Å². The Morgan fingerprint density at radius 3 is 2.66 bits per heavy atom. The van der Waals surface area contributed by atoms with Crippen LogP contribution in [0.5, 0.6) is 11.5 Å². The summed E-state index contributed by atoms with van der Waals surface area (Å²) in [6.07, 6.45) is 5.05. The molecule has 9 nitrogen and oxygen atoms in total. The second-order valence-corrected chi connectivity index (χ2v) is 11.3. The van der Waals surface area contributed by atoms with Crippen LogP contribution in [0.15, 0.2) is 67.0 Å². The number of ether oxygens (including phenoxy) is 2. The number of nitrogen functional groups attached to an aromatic ring is 1. The maximum absolute atomic E-state index is 13.6. The average molecular weight is 595 g/mol. The van der Waals surface area contributed by atoms with Crippen molar-refractivity contribution in [3.63, 3.8) is 0 Å². The summed E-state index contributed by atoms with van der Waals surface area (Å²) in [5, 5.41) is 0.741. The molecule has 2 aromatic heterocycles. The fourth-order valence-electron chi connectivity index (χ4n) is 5.91. The highest BCUT2D eigenvalue weighted by atomic mass is 19.1. The van der Waals surface area contributed by atoms with E-state index in [4.69, 9.17) is 15.2 Å². The summed E-state index contributed by atoms with van der Waals surface area (Å²) in [5.41, 5.74) is 9.60. The van der Waals surface area contributed by atoms with Crippen LogP contribution in [0.25, 0.3) is 22.2 Å². The highest BCUT2D eigenvalue weighted by molar-refractivity contribution is 6.03. The second-order valence-electron chi connectivity index (χ2n) is 11.3. The molecule has 2 N–H and O–H groups in total. The molecule has 3 atom stereocenters. The van der Waals surface area contributed by atoms with Gasteiger partial charge >= 0.3 is 0 Å². The Hall–Kier alpha value is -4.72. The highest BCUT2D eigenvalue weighted by Crippen LogP contribution is 2.51. The van der Waals surface area contributed by atoms with Crippen molar-refractivity contribution in [2.24, 2.45) is 24.8 Å². The van der Waals surface area contributed by atoms with Crippen LogP contribution in [0.3, 0.4) is 0 Å². The number of carbonyl (C=O) groups excluding carboxylic acids is 1. The lowest BCUT2D eigenvalue weighted by molar-refractivity contribution is -0.125. The standard InChI is InChI=1S/C34H35FN6O3/c1-39(16-17-43-3)15-5-8-30(42)41-19-27-26(28(27)20-41)13-14-29-31(32-33(36)37-21-38-34(32)40(29)2)22-9-11-24(12-10-22)44-25-7-4-6-23(35)18-25/h4-12,18,21,26-28H,15-17,19-20H2,1-3H3,(H2,36,37,38)/b8-5+/t26?,27-,28+. The molecule has 1 saturated carbocycles. The lowest BCUT2D eigenvalue weighted by Gasteiger charge is -2.17. The van der Waals surface area contributed by atoms with E-state index in [9.17, 15) is 9.18 Å². The Morgan fingerprint density at radius 2 is 1.93 bits per heavy atom. The number of benzene rings is 2. The largest absolute Gasteiger partial charge is 0.457 e. The monoisotopic (exact) mass is 594 g/mol. The van der Waals surface area contributed by atoms with Crippen LogP contribution < -0.4 is 10.5 Å². The van der Waals surface area contributed by atoms with Gasteiger partial charge in [0, 0.05) is 64.0 Å². The number of fused-ring (bicyclic) bond motifs is 2. The summed E-state index contributed by atoms with van der Waals surface area (Å²) < 4.78 is 26.5. The number of piperidine rings is 1. The molecule has 1 aliphatic heterocycles. The number of amides is 1. The van der Waals surface area contributed by atoms with E-state index in [1.165, 1.54) is 18.5 Å². The quantitative estimate of drug-likeness (QED) is 0.227. The van der Waals surface area contributed by atoms with Gasteiger partial charge in [-0.25, -0.2) is 14.4 Å². The van der Waals surface area contributed by atoms with Gasteiger partial charge in [-0.05, 0) is 54.6 Å². The van der Waals surface area contributed by atoms with Gasteiger partial charge in [-0.3, -0.25) is 4.79 Å². The van der Waals surface area contributed by atoms with Crippen molar-refractivity contribution in [1.29, 1.82) is 0 Å². The first-order valence-corrected chi connectivity index (χ1v) is 14.6. The molecule has 0 radical (unpaired) electrons. The average Bonchev–Trinajstić information content (AvgIpc) is 3.31. The van der Waals surface area contributed by atoms with Crippen LogP contribution in [0.1, 0.15) is 5.69 Å². The minimum atomic E-state index is -0.359. The van der Waals surface area contributed by atoms with Crippen molar-refractivity contribution in [2.45, 2.75) is 0 Å². The molecular formula is C34H35FN6O3. The van der Waals surface area contributed by atoms with Crippen LogP contribution in [0.2, 0.25) is 0 Å². The van der Waals surface area contributed by atoms with Crippen LogP contribution in [0.4, 0.5) is 10.2 Å². The van der Waals surface area contributed by atoms with E-state index in [0.29, 0.717) is 48.0 Å². The van der Waals surface area contributed by atoms with Crippen molar-refractivity contribution in [3.8, 4) is 34.5 Å². The molecular weight excluding hydrogens is 559 g/mol. The topological polar surface area (TPSA) is 98.7 Å². The Labute approximate surface area is 256 Å². The van der Waals surface area contributed by atoms with Crippen LogP contribution in [-0.2, 0) is 16.6 Å². The molecule has 0 bridgehead atoms. The number of nitrogens with two attached hydrogens (primary N) is 1. The van der Waals surface area contributed by atoms with E-state index in [0.717, 1.165) is 41.8 Å². The maximum Gasteiger partial charge on any atom is 0.246 e. The molecule has 226 valence electrons. The predicted octanol–water partition coefficient (Wildman–Crippen LogP) is 4.34. The predicted molar refractivity (Wildman–Crippen MR) is 167 cm³/mol. The van der Waals surface area contributed by atoms with Crippen molar-refractivity contribution >= 4 is 22.8 Å². The molecule has 1 saturated heterocycles. The van der Waals surface area contributed by atoms with Crippen molar-refractivity contribution in [3.05, 3.63) is 78.5 Å². The van der Waals surface area contributed by atoms with E-state index in [2.05, 4.69) is 26.7 Å². The lowest BCUT2D eigenvalue weighted by atomic mass is 10.0. The molecule has 6 rings (SSSR count). The smallest absolute Gasteiger partial charge is 0.246 e. The number of hydrogen-bond acceptors (Lipinski definition) is 7. The van der Waals surface area contributed by atoms with Gasteiger partial charge < -0.3 is 29.6 Å². The third kappa shape index (κ3) is 6.02. The Kier molecular flexibility index (Phi) is 8.33. The molecule has 44 heavy (non-hydrogen) atoms.